The molecular weight excluding hydrogens is 176 g/mol. The summed E-state index contributed by atoms with van der Waals surface area (Å²) in [5, 5.41) is 3.39. The molecule has 14 heavy (non-hydrogen) atoms. The van der Waals surface area contributed by atoms with E-state index in [9.17, 15) is 0 Å². The summed E-state index contributed by atoms with van der Waals surface area (Å²) in [7, 11) is 0. The van der Waals surface area contributed by atoms with Crippen LogP contribution in [0.25, 0.3) is 0 Å². The van der Waals surface area contributed by atoms with Crippen molar-refractivity contribution < 1.29 is 4.74 Å². The molecule has 1 heterocycles. The van der Waals surface area contributed by atoms with Gasteiger partial charge < -0.3 is 15.8 Å². The van der Waals surface area contributed by atoms with Crippen molar-refractivity contribution >= 4 is 0 Å². The Morgan fingerprint density at radius 3 is 3.00 bits per heavy atom. The van der Waals surface area contributed by atoms with Crippen molar-refractivity contribution in [2.45, 2.75) is 51.2 Å². The third kappa shape index (κ3) is 4.94. The molecule has 0 saturated carbocycles. The second kappa shape index (κ2) is 7.21. The molecule has 0 amide bonds. The maximum atomic E-state index is 5.66. The first kappa shape index (κ1) is 12.0. The summed E-state index contributed by atoms with van der Waals surface area (Å²) in [4.78, 5) is 0. The van der Waals surface area contributed by atoms with Gasteiger partial charge in [-0.15, -0.1) is 0 Å². The smallest absolute Gasteiger partial charge is 0.0575 e. The highest BCUT2D eigenvalue weighted by Crippen LogP contribution is 2.16. The summed E-state index contributed by atoms with van der Waals surface area (Å²) < 4.78 is 5.66. The molecular formula is C11H24N2O. The van der Waals surface area contributed by atoms with Gasteiger partial charge in [-0.3, -0.25) is 0 Å². The molecule has 3 nitrogen and oxygen atoms in total. The van der Waals surface area contributed by atoms with Crippen molar-refractivity contribution in [1.82, 2.24) is 5.32 Å². The molecule has 3 heteroatoms. The van der Waals surface area contributed by atoms with Crippen LogP contribution < -0.4 is 11.1 Å². The van der Waals surface area contributed by atoms with Gasteiger partial charge in [0.2, 0.25) is 0 Å². The molecule has 1 saturated heterocycles. The van der Waals surface area contributed by atoms with Crippen molar-refractivity contribution in [2.75, 3.05) is 19.7 Å². The van der Waals surface area contributed by atoms with E-state index in [-0.39, 0.29) is 0 Å². The molecule has 0 aromatic rings. The minimum atomic E-state index is 0.447. The lowest BCUT2D eigenvalue weighted by atomic mass is 10.0. The van der Waals surface area contributed by atoms with Gasteiger partial charge in [-0.05, 0) is 45.6 Å². The second-order valence-corrected chi connectivity index (χ2v) is 4.22. The van der Waals surface area contributed by atoms with E-state index in [1.54, 1.807) is 0 Å². The quantitative estimate of drug-likeness (QED) is 0.635. The first-order valence-electron chi connectivity index (χ1n) is 5.88. The molecule has 0 bridgehead atoms. The normalized spacial score (nSPS) is 24.9. The summed E-state index contributed by atoms with van der Waals surface area (Å²) in [5.41, 5.74) is 5.51. The van der Waals surface area contributed by atoms with Crippen molar-refractivity contribution in [3.63, 3.8) is 0 Å². The minimum Gasteiger partial charge on any atom is -0.378 e. The fourth-order valence-electron chi connectivity index (χ4n) is 1.80. The number of ether oxygens (including phenoxy) is 1. The van der Waals surface area contributed by atoms with Crippen LogP contribution in [0, 0.1) is 0 Å². The molecule has 0 spiro atoms. The zero-order valence-corrected chi connectivity index (χ0v) is 9.30. The largest absolute Gasteiger partial charge is 0.378 e. The zero-order valence-electron chi connectivity index (χ0n) is 9.30. The van der Waals surface area contributed by atoms with Crippen LogP contribution in [0.1, 0.15) is 39.0 Å². The first-order chi connectivity index (χ1) is 6.83. The van der Waals surface area contributed by atoms with E-state index in [1.165, 1.54) is 32.1 Å². The van der Waals surface area contributed by atoms with Crippen LogP contribution >= 0.6 is 0 Å². The lowest BCUT2D eigenvalue weighted by molar-refractivity contribution is 0.0101. The van der Waals surface area contributed by atoms with Crippen LogP contribution in [0.15, 0.2) is 0 Å². The molecule has 0 aromatic carbocycles. The second-order valence-electron chi connectivity index (χ2n) is 4.22. The van der Waals surface area contributed by atoms with E-state index in [0.717, 1.165) is 19.7 Å². The summed E-state index contributed by atoms with van der Waals surface area (Å²) in [6.07, 6.45) is 6.78. The third-order valence-corrected chi connectivity index (χ3v) is 2.82. The van der Waals surface area contributed by atoms with Crippen LogP contribution in [0.3, 0.4) is 0 Å². The summed E-state index contributed by atoms with van der Waals surface area (Å²) in [6.45, 7) is 4.88. The Morgan fingerprint density at radius 1 is 1.50 bits per heavy atom. The van der Waals surface area contributed by atoms with Crippen molar-refractivity contribution in [3.8, 4) is 0 Å². The first-order valence-corrected chi connectivity index (χ1v) is 5.88. The summed E-state index contributed by atoms with van der Waals surface area (Å²) in [6, 6.07) is 0.447. The number of hydrogen-bond donors (Lipinski definition) is 2. The number of rotatable bonds is 6. The molecule has 0 aromatic heterocycles. The average molecular weight is 200 g/mol. The Labute approximate surface area is 87.4 Å². The Kier molecular flexibility index (Phi) is 6.15. The molecule has 1 aliphatic rings. The third-order valence-electron chi connectivity index (χ3n) is 2.82. The highest BCUT2D eigenvalue weighted by atomic mass is 16.5. The molecule has 1 unspecified atom stereocenters. The fourth-order valence-corrected chi connectivity index (χ4v) is 1.80. The highest BCUT2D eigenvalue weighted by molar-refractivity contribution is 4.66. The topological polar surface area (TPSA) is 47.3 Å². The maximum Gasteiger partial charge on any atom is 0.0575 e. The highest BCUT2D eigenvalue weighted by Gasteiger charge is 2.12. The van der Waals surface area contributed by atoms with Gasteiger partial charge in [0.15, 0.2) is 0 Å². The molecule has 2 atom stereocenters. The van der Waals surface area contributed by atoms with Gasteiger partial charge in [0, 0.05) is 19.2 Å². The monoisotopic (exact) mass is 200 g/mol. The molecule has 1 fully saturated rings. The molecule has 1 rings (SSSR count). The number of hydrogen-bond acceptors (Lipinski definition) is 3. The van der Waals surface area contributed by atoms with Crippen LogP contribution in [-0.4, -0.2) is 31.8 Å². The predicted octanol–water partition coefficient (Wildman–Crippen LogP) is 1.27. The van der Waals surface area contributed by atoms with Crippen LogP contribution in [0.2, 0.25) is 0 Å². The van der Waals surface area contributed by atoms with Gasteiger partial charge >= 0.3 is 0 Å². The lowest BCUT2D eigenvalue weighted by Gasteiger charge is -2.22. The van der Waals surface area contributed by atoms with Crippen LogP contribution in [-0.2, 0) is 4.74 Å². The van der Waals surface area contributed by atoms with Gasteiger partial charge in [-0.1, -0.05) is 0 Å². The Hall–Kier alpha value is -0.120. The minimum absolute atomic E-state index is 0.447. The van der Waals surface area contributed by atoms with Crippen LogP contribution in [0.4, 0.5) is 0 Å². The predicted molar refractivity (Wildman–Crippen MR) is 59.3 cm³/mol. The summed E-state index contributed by atoms with van der Waals surface area (Å²) in [5.74, 6) is 0. The fraction of sp³-hybridized carbons (Fsp3) is 1.00. The van der Waals surface area contributed by atoms with Gasteiger partial charge in [0.25, 0.3) is 0 Å². The van der Waals surface area contributed by atoms with Crippen molar-refractivity contribution in [3.05, 3.63) is 0 Å². The Morgan fingerprint density at radius 2 is 2.36 bits per heavy atom. The number of nitrogens with one attached hydrogen (secondary N) is 1. The standard InChI is InChI=1S/C11H24N2O/c1-10(9-12)13-7-4-6-11-5-2-3-8-14-11/h10-11,13H,2-9,12H2,1H3/t10-,11?/m0/s1. The van der Waals surface area contributed by atoms with Gasteiger partial charge in [-0.25, -0.2) is 0 Å². The number of nitrogens with two attached hydrogens (primary N) is 1. The molecule has 84 valence electrons. The van der Waals surface area contributed by atoms with E-state index in [4.69, 9.17) is 10.5 Å². The maximum absolute atomic E-state index is 5.66. The van der Waals surface area contributed by atoms with Crippen molar-refractivity contribution in [2.24, 2.45) is 5.73 Å². The van der Waals surface area contributed by atoms with E-state index < -0.39 is 0 Å². The summed E-state index contributed by atoms with van der Waals surface area (Å²) >= 11 is 0. The lowest BCUT2D eigenvalue weighted by Crippen LogP contribution is -2.34. The zero-order chi connectivity index (χ0) is 10.2. The van der Waals surface area contributed by atoms with Gasteiger partial charge in [0.05, 0.1) is 6.10 Å². The average Bonchev–Trinajstić information content (AvgIpc) is 2.25. The van der Waals surface area contributed by atoms with Crippen LogP contribution in [0.5, 0.6) is 0 Å². The molecule has 0 aliphatic carbocycles. The molecule has 0 radical (unpaired) electrons. The van der Waals surface area contributed by atoms with E-state index >= 15 is 0 Å². The SMILES string of the molecule is C[C@@H](CN)NCCCC1CCCCO1. The Bertz CT molecular complexity index is 135. The molecule has 1 aliphatic heterocycles. The molecule has 3 N–H and O–H groups in total. The Balaban J connectivity index is 1.92. The van der Waals surface area contributed by atoms with E-state index in [1.807, 2.05) is 0 Å². The van der Waals surface area contributed by atoms with Gasteiger partial charge in [0.1, 0.15) is 0 Å². The van der Waals surface area contributed by atoms with E-state index in [2.05, 4.69) is 12.2 Å². The van der Waals surface area contributed by atoms with E-state index in [0.29, 0.717) is 12.1 Å². The van der Waals surface area contributed by atoms with Gasteiger partial charge in [-0.2, -0.15) is 0 Å². The van der Waals surface area contributed by atoms with Crippen molar-refractivity contribution in [1.29, 1.82) is 0 Å².